The summed E-state index contributed by atoms with van der Waals surface area (Å²) in [6.45, 7) is 1.73. The summed E-state index contributed by atoms with van der Waals surface area (Å²) < 4.78 is 36.6. The average molecular weight is 353 g/mol. The molecule has 0 aliphatic carbocycles. The van der Waals surface area contributed by atoms with Crippen molar-refractivity contribution >= 4 is 35.0 Å². The Morgan fingerprint density at radius 1 is 1.32 bits per heavy atom. The van der Waals surface area contributed by atoms with Gasteiger partial charge in [0.1, 0.15) is 5.82 Å². The van der Waals surface area contributed by atoms with Gasteiger partial charge in [0, 0.05) is 6.42 Å². The highest BCUT2D eigenvalue weighted by Crippen LogP contribution is 2.29. The van der Waals surface area contributed by atoms with Gasteiger partial charge < -0.3 is 9.47 Å². The van der Waals surface area contributed by atoms with Crippen LogP contribution in [0, 0.1) is 11.6 Å². The largest absolute Gasteiger partial charge is 0.500 e. The fourth-order valence-electron chi connectivity index (χ4n) is 1.46. The van der Waals surface area contributed by atoms with Crippen LogP contribution in [0.25, 0.3) is 0 Å². The van der Waals surface area contributed by atoms with Gasteiger partial charge in [-0.25, -0.2) is 13.6 Å². The molecule has 120 valence electrons. The molecule has 0 radical (unpaired) electrons. The number of hydrogen-bond acceptors (Lipinski definition) is 4. The lowest BCUT2D eigenvalue weighted by Crippen LogP contribution is -2.08. The first-order valence-corrected chi connectivity index (χ1v) is 6.95. The Bertz CT molecular complexity index is 603. The summed E-state index contributed by atoms with van der Waals surface area (Å²) in [5.41, 5.74) is -0.582. The first-order valence-electron chi connectivity index (χ1n) is 6.19. The van der Waals surface area contributed by atoms with Gasteiger partial charge >= 0.3 is 5.97 Å². The number of Topliss-reactive ketones (excluding diaryl/α,β-unsaturated/α-hetero) is 1. The molecule has 0 heterocycles. The SMILES string of the molecule is CCOC(=O)C=COCCC(=O)c1c(F)cc(Cl)c(F)c1Cl. The zero-order valence-electron chi connectivity index (χ0n) is 11.5. The van der Waals surface area contributed by atoms with E-state index in [2.05, 4.69) is 4.74 Å². The summed E-state index contributed by atoms with van der Waals surface area (Å²) in [7, 11) is 0. The average Bonchev–Trinajstić information content (AvgIpc) is 2.45. The summed E-state index contributed by atoms with van der Waals surface area (Å²) in [6, 6.07) is 0.678. The van der Waals surface area contributed by atoms with E-state index >= 15 is 0 Å². The molecule has 22 heavy (non-hydrogen) atoms. The van der Waals surface area contributed by atoms with Crippen LogP contribution in [0.3, 0.4) is 0 Å². The van der Waals surface area contributed by atoms with Crippen molar-refractivity contribution in [2.24, 2.45) is 0 Å². The van der Waals surface area contributed by atoms with E-state index in [0.29, 0.717) is 6.07 Å². The smallest absolute Gasteiger partial charge is 0.333 e. The molecule has 0 atom stereocenters. The zero-order valence-corrected chi connectivity index (χ0v) is 13.0. The molecule has 0 aromatic heterocycles. The molecule has 0 unspecified atom stereocenters. The van der Waals surface area contributed by atoms with Gasteiger partial charge in [0.05, 0.1) is 41.2 Å². The maximum Gasteiger partial charge on any atom is 0.333 e. The maximum atomic E-state index is 13.6. The molecule has 1 aromatic rings. The summed E-state index contributed by atoms with van der Waals surface area (Å²) in [5.74, 6) is -3.41. The molecule has 0 amide bonds. The number of carbonyl (C=O) groups excluding carboxylic acids is 2. The number of ketones is 1. The Morgan fingerprint density at radius 3 is 2.64 bits per heavy atom. The van der Waals surface area contributed by atoms with Gasteiger partial charge in [0.25, 0.3) is 0 Å². The molecule has 0 saturated carbocycles. The maximum absolute atomic E-state index is 13.6. The fraction of sp³-hybridized carbons (Fsp3) is 0.286. The minimum Gasteiger partial charge on any atom is -0.500 e. The molecule has 0 bridgehead atoms. The van der Waals surface area contributed by atoms with Crippen LogP contribution >= 0.6 is 23.2 Å². The first-order chi connectivity index (χ1) is 10.4. The van der Waals surface area contributed by atoms with Gasteiger partial charge in [-0.2, -0.15) is 0 Å². The third-order valence-corrected chi connectivity index (χ3v) is 3.06. The Labute approximate surface area is 135 Å². The molecular weight excluding hydrogens is 341 g/mol. The van der Waals surface area contributed by atoms with Crippen molar-refractivity contribution in [1.82, 2.24) is 0 Å². The van der Waals surface area contributed by atoms with Gasteiger partial charge in [0.2, 0.25) is 0 Å². The Morgan fingerprint density at radius 2 is 2.00 bits per heavy atom. The Kier molecular flexibility index (Phi) is 7.27. The molecule has 0 spiro atoms. The number of esters is 1. The lowest BCUT2D eigenvalue weighted by molar-refractivity contribution is -0.137. The number of rotatable bonds is 7. The third kappa shape index (κ3) is 4.96. The van der Waals surface area contributed by atoms with E-state index in [0.717, 1.165) is 12.3 Å². The second kappa shape index (κ2) is 8.70. The number of ether oxygens (including phenoxy) is 2. The van der Waals surface area contributed by atoms with E-state index in [1.54, 1.807) is 6.92 Å². The quantitative estimate of drug-likeness (QED) is 0.142. The minimum atomic E-state index is -1.06. The molecule has 8 heteroatoms. The topological polar surface area (TPSA) is 52.6 Å². The van der Waals surface area contributed by atoms with Crippen LogP contribution in [0.1, 0.15) is 23.7 Å². The standard InChI is InChI=1S/C14H12Cl2F2O4/c1-2-22-11(20)4-6-21-5-3-10(19)12-9(17)7-8(15)14(18)13(12)16/h4,6-7H,2-3,5H2,1H3. The van der Waals surface area contributed by atoms with E-state index in [4.69, 9.17) is 27.9 Å². The van der Waals surface area contributed by atoms with Gasteiger partial charge in [-0.15, -0.1) is 0 Å². The molecular formula is C14H12Cl2F2O4. The van der Waals surface area contributed by atoms with Crippen molar-refractivity contribution in [2.75, 3.05) is 13.2 Å². The van der Waals surface area contributed by atoms with Crippen molar-refractivity contribution in [3.05, 3.63) is 45.6 Å². The summed E-state index contributed by atoms with van der Waals surface area (Å²) in [4.78, 5) is 22.8. The van der Waals surface area contributed by atoms with Crippen LogP contribution in [0.15, 0.2) is 18.4 Å². The highest BCUT2D eigenvalue weighted by Gasteiger charge is 2.21. The van der Waals surface area contributed by atoms with Crippen molar-refractivity contribution in [3.8, 4) is 0 Å². The summed E-state index contributed by atoms with van der Waals surface area (Å²) in [6.07, 6.45) is 1.82. The van der Waals surface area contributed by atoms with E-state index in [9.17, 15) is 18.4 Å². The van der Waals surface area contributed by atoms with Crippen LogP contribution < -0.4 is 0 Å². The molecule has 4 nitrogen and oxygen atoms in total. The first kappa shape index (κ1) is 18.4. The number of benzene rings is 1. The van der Waals surface area contributed by atoms with Gasteiger partial charge in [0.15, 0.2) is 11.6 Å². The van der Waals surface area contributed by atoms with Crippen molar-refractivity contribution < 1.29 is 27.8 Å². The Balaban J connectivity index is 2.61. The van der Waals surface area contributed by atoms with E-state index < -0.39 is 39.0 Å². The lowest BCUT2D eigenvalue weighted by Gasteiger charge is -2.07. The monoisotopic (exact) mass is 352 g/mol. The van der Waals surface area contributed by atoms with Crippen LogP contribution in [0.2, 0.25) is 10.0 Å². The van der Waals surface area contributed by atoms with Crippen molar-refractivity contribution in [2.45, 2.75) is 13.3 Å². The minimum absolute atomic E-state index is 0.144. The zero-order chi connectivity index (χ0) is 16.7. The van der Waals surface area contributed by atoms with Crippen molar-refractivity contribution in [1.29, 1.82) is 0 Å². The van der Waals surface area contributed by atoms with Gasteiger partial charge in [-0.05, 0) is 13.0 Å². The molecule has 0 aliphatic rings. The molecule has 1 aromatic carbocycles. The molecule has 0 saturated heterocycles. The van der Waals surface area contributed by atoms with Crippen LogP contribution in [0.4, 0.5) is 8.78 Å². The van der Waals surface area contributed by atoms with Crippen molar-refractivity contribution in [3.63, 3.8) is 0 Å². The molecule has 0 fully saturated rings. The van der Waals surface area contributed by atoms with Gasteiger partial charge in [-0.3, -0.25) is 4.79 Å². The summed E-state index contributed by atoms with van der Waals surface area (Å²) in [5, 5.41) is -1.18. The second-order valence-corrected chi connectivity index (χ2v) is 4.73. The lowest BCUT2D eigenvalue weighted by atomic mass is 10.1. The van der Waals surface area contributed by atoms with Crippen LogP contribution in [-0.2, 0) is 14.3 Å². The molecule has 0 N–H and O–H groups in total. The number of halogens is 4. The Hall–Kier alpha value is -1.66. The highest BCUT2D eigenvalue weighted by atomic mass is 35.5. The number of carbonyl (C=O) groups is 2. The van der Waals surface area contributed by atoms with Crippen LogP contribution in [0.5, 0.6) is 0 Å². The highest BCUT2D eigenvalue weighted by molar-refractivity contribution is 6.37. The molecule has 1 rings (SSSR count). The normalized spacial score (nSPS) is 10.8. The van der Waals surface area contributed by atoms with Crippen LogP contribution in [-0.4, -0.2) is 25.0 Å². The van der Waals surface area contributed by atoms with E-state index in [1.807, 2.05) is 0 Å². The molecule has 0 aliphatic heterocycles. The van der Waals surface area contributed by atoms with E-state index in [1.165, 1.54) is 0 Å². The predicted molar refractivity (Wildman–Crippen MR) is 77.1 cm³/mol. The van der Waals surface area contributed by atoms with E-state index in [-0.39, 0.29) is 19.6 Å². The second-order valence-electron chi connectivity index (χ2n) is 3.94. The fourth-order valence-corrected chi connectivity index (χ4v) is 2.00. The third-order valence-electron chi connectivity index (χ3n) is 2.43. The summed E-state index contributed by atoms with van der Waals surface area (Å²) >= 11 is 11.0. The predicted octanol–water partition coefficient (Wildman–Crippen LogP) is 3.94. The number of hydrogen-bond donors (Lipinski definition) is 0. The van der Waals surface area contributed by atoms with Gasteiger partial charge in [-0.1, -0.05) is 23.2 Å².